The molecular weight excluding hydrogens is 248 g/mol. The van der Waals surface area contributed by atoms with Crippen LogP contribution in [-0.2, 0) is 4.79 Å². The average Bonchev–Trinajstić information content (AvgIpc) is 2.38. The molecule has 2 heterocycles. The first kappa shape index (κ1) is 13.1. The smallest absolute Gasteiger partial charge is 0.337 e. The molecule has 19 heavy (non-hydrogen) atoms. The fraction of sp³-hybridized carbons (Fsp3) is 0.417. The molecule has 1 aliphatic rings. The Morgan fingerprint density at radius 1 is 1.32 bits per heavy atom. The van der Waals surface area contributed by atoms with Gasteiger partial charge in [0.05, 0.1) is 11.3 Å². The summed E-state index contributed by atoms with van der Waals surface area (Å²) in [5.74, 6) is -0.415. The van der Waals surface area contributed by atoms with E-state index in [4.69, 9.17) is 10.8 Å². The maximum atomic E-state index is 11.2. The fourth-order valence-electron chi connectivity index (χ4n) is 2.09. The van der Waals surface area contributed by atoms with Crippen molar-refractivity contribution in [2.24, 2.45) is 0 Å². The van der Waals surface area contributed by atoms with E-state index in [1.54, 1.807) is 11.8 Å². The van der Waals surface area contributed by atoms with Gasteiger partial charge >= 0.3 is 5.97 Å². The van der Waals surface area contributed by atoms with Gasteiger partial charge in [0.1, 0.15) is 0 Å². The van der Waals surface area contributed by atoms with E-state index in [1.165, 1.54) is 12.3 Å². The molecule has 1 aromatic rings. The van der Waals surface area contributed by atoms with Crippen LogP contribution in [0.15, 0.2) is 12.3 Å². The molecule has 7 heteroatoms. The summed E-state index contributed by atoms with van der Waals surface area (Å²) in [5, 5.41) is 8.85. The molecule has 102 valence electrons. The van der Waals surface area contributed by atoms with E-state index in [9.17, 15) is 9.59 Å². The van der Waals surface area contributed by atoms with Crippen LogP contribution < -0.4 is 10.6 Å². The molecule has 0 aromatic carbocycles. The second-order valence-electron chi connectivity index (χ2n) is 4.44. The summed E-state index contributed by atoms with van der Waals surface area (Å²) in [6, 6.07) is 1.40. The Labute approximate surface area is 110 Å². The molecule has 1 aliphatic heterocycles. The third-order valence-corrected chi connectivity index (χ3v) is 3.17. The molecule has 0 bridgehead atoms. The van der Waals surface area contributed by atoms with Gasteiger partial charge in [-0.1, -0.05) is 0 Å². The van der Waals surface area contributed by atoms with Crippen molar-refractivity contribution < 1.29 is 14.7 Å². The summed E-state index contributed by atoms with van der Waals surface area (Å²) in [4.78, 5) is 29.9. The van der Waals surface area contributed by atoms with Gasteiger partial charge < -0.3 is 20.6 Å². The highest BCUT2D eigenvalue weighted by molar-refractivity contribution is 5.89. The van der Waals surface area contributed by atoms with Crippen molar-refractivity contribution in [3.63, 3.8) is 0 Å². The van der Waals surface area contributed by atoms with Gasteiger partial charge in [-0.15, -0.1) is 0 Å². The number of nitrogens with zero attached hydrogens (tertiary/aromatic N) is 3. The van der Waals surface area contributed by atoms with Crippen molar-refractivity contribution >= 4 is 23.4 Å². The highest BCUT2D eigenvalue weighted by Gasteiger charge is 2.21. The number of carbonyl (C=O) groups excluding carboxylic acids is 1. The number of pyridine rings is 1. The number of nitrogen functional groups attached to an aromatic ring is 1. The van der Waals surface area contributed by atoms with Gasteiger partial charge in [0, 0.05) is 39.3 Å². The molecular formula is C12H16N4O3. The number of aromatic carboxylic acids is 1. The summed E-state index contributed by atoms with van der Waals surface area (Å²) in [5.41, 5.74) is 6.25. The zero-order chi connectivity index (χ0) is 14.0. The van der Waals surface area contributed by atoms with E-state index < -0.39 is 5.97 Å². The maximum absolute atomic E-state index is 11.2. The topological polar surface area (TPSA) is 99.8 Å². The zero-order valence-electron chi connectivity index (χ0n) is 10.7. The standard InChI is InChI=1S/C12H16N4O3/c1-8(17)15-2-4-16(5-3-15)11-10(13)6-9(7-14-11)12(18)19/h6-7H,2-5,13H2,1H3,(H,18,19). The maximum Gasteiger partial charge on any atom is 0.337 e. The summed E-state index contributed by atoms with van der Waals surface area (Å²) in [7, 11) is 0. The van der Waals surface area contributed by atoms with Crippen LogP contribution in [0.5, 0.6) is 0 Å². The Bertz CT molecular complexity index is 510. The van der Waals surface area contributed by atoms with E-state index in [0.29, 0.717) is 37.7 Å². The van der Waals surface area contributed by atoms with Crippen LogP contribution in [0, 0.1) is 0 Å². The lowest BCUT2D eigenvalue weighted by molar-refractivity contribution is -0.129. The number of anilines is 2. The summed E-state index contributed by atoms with van der Waals surface area (Å²) >= 11 is 0. The largest absolute Gasteiger partial charge is 0.478 e. The molecule has 0 radical (unpaired) electrons. The van der Waals surface area contributed by atoms with Crippen molar-refractivity contribution in [3.05, 3.63) is 17.8 Å². The normalized spacial score (nSPS) is 15.4. The third-order valence-electron chi connectivity index (χ3n) is 3.17. The molecule has 2 rings (SSSR count). The number of hydrogen-bond acceptors (Lipinski definition) is 5. The Kier molecular flexibility index (Phi) is 3.55. The number of piperazine rings is 1. The molecule has 1 aromatic heterocycles. The molecule has 1 amide bonds. The lowest BCUT2D eigenvalue weighted by Gasteiger charge is -2.35. The number of aromatic nitrogens is 1. The SMILES string of the molecule is CC(=O)N1CCN(c2ncc(C(=O)O)cc2N)CC1. The van der Waals surface area contributed by atoms with Gasteiger partial charge in [-0.25, -0.2) is 9.78 Å². The highest BCUT2D eigenvalue weighted by Crippen LogP contribution is 2.22. The van der Waals surface area contributed by atoms with Crippen molar-refractivity contribution in [2.75, 3.05) is 36.8 Å². The molecule has 0 saturated carbocycles. The van der Waals surface area contributed by atoms with E-state index in [-0.39, 0.29) is 11.5 Å². The number of carbonyl (C=O) groups is 2. The van der Waals surface area contributed by atoms with E-state index in [2.05, 4.69) is 4.98 Å². The van der Waals surface area contributed by atoms with E-state index >= 15 is 0 Å². The first-order valence-electron chi connectivity index (χ1n) is 5.98. The Morgan fingerprint density at radius 2 is 1.95 bits per heavy atom. The van der Waals surface area contributed by atoms with Crippen LogP contribution in [0.3, 0.4) is 0 Å². The van der Waals surface area contributed by atoms with Gasteiger partial charge in [-0.2, -0.15) is 0 Å². The van der Waals surface area contributed by atoms with Gasteiger partial charge in [-0.05, 0) is 6.07 Å². The molecule has 0 aliphatic carbocycles. The fourth-order valence-corrected chi connectivity index (χ4v) is 2.09. The van der Waals surface area contributed by atoms with Crippen LogP contribution in [0.4, 0.5) is 11.5 Å². The number of rotatable bonds is 2. The number of carboxylic acids is 1. The van der Waals surface area contributed by atoms with Gasteiger partial charge in [0.2, 0.25) is 5.91 Å². The Morgan fingerprint density at radius 3 is 2.42 bits per heavy atom. The predicted octanol–water partition coefficient (Wildman–Crippen LogP) is 0.0305. The van der Waals surface area contributed by atoms with Crippen LogP contribution >= 0.6 is 0 Å². The summed E-state index contributed by atoms with van der Waals surface area (Å²) < 4.78 is 0. The number of carboxylic acid groups (broad SMARTS) is 1. The molecule has 3 N–H and O–H groups in total. The van der Waals surface area contributed by atoms with Crippen LogP contribution in [0.25, 0.3) is 0 Å². The first-order valence-corrected chi connectivity index (χ1v) is 5.98. The highest BCUT2D eigenvalue weighted by atomic mass is 16.4. The molecule has 0 atom stereocenters. The van der Waals surface area contributed by atoms with Crippen LogP contribution in [-0.4, -0.2) is 53.0 Å². The van der Waals surface area contributed by atoms with Crippen molar-refractivity contribution in [3.8, 4) is 0 Å². The Balaban J connectivity index is 2.11. The summed E-state index contributed by atoms with van der Waals surface area (Å²) in [6.07, 6.45) is 1.30. The molecule has 0 unspecified atom stereocenters. The molecule has 1 fully saturated rings. The van der Waals surface area contributed by atoms with Crippen molar-refractivity contribution in [1.82, 2.24) is 9.88 Å². The Hall–Kier alpha value is -2.31. The number of nitrogens with two attached hydrogens (primary N) is 1. The van der Waals surface area contributed by atoms with E-state index in [1.807, 2.05) is 4.90 Å². The minimum atomic E-state index is -1.05. The van der Waals surface area contributed by atoms with Gasteiger partial charge in [0.15, 0.2) is 5.82 Å². The van der Waals surface area contributed by atoms with Gasteiger partial charge in [0.25, 0.3) is 0 Å². The number of amides is 1. The van der Waals surface area contributed by atoms with Crippen LogP contribution in [0.1, 0.15) is 17.3 Å². The number of hydrogen-bond donors (Lipinski definition) is 2. The monoisotopic (exact) mass is 264 g/mol. The van der Waals surface area contributed by atoms with Crippen molar-refractivity contribution in [2.45, 2.75) is 6.92 Å². The molecule has 7 nitrogen and oxygen atoms in total. The first-order chi connectivity index (χ1) is 8.99. The lowest BCUT2D eigenvalue weighted by Crippen LogP contribution is -2.48. The lowest BCUT2D eigenvalue weighted by atomic mass is 10.2. The van der Waals surface area contributed by atoms with Crippen LogP contribution in [0.2, 0.25) is 0 Å². The van der Waals surface area contributed by atoms with E-state index in [0.717, 1.165) is 0 Å². The average molecular weight is 264 g/mol. The second kappa shape index (κ2) is 5.13. The second-order valence-corrected chi connectivity index (χ2v) is 4.44. The summed E-state index contributed by atoms with van der Waals surface area (Å²) in [6.45, 7) is 4.07. The molecule has 0 spiro atoms. The van der Waals surface area contributed by atoms with Gasteiger partial charge in [-0.3, -0.25) is 4.79 Å². The van der Waals surface area contributed by atoms with Crippen molar-refractivity contribution in [1.29, 1.82) is 0 Å². The third kappa shape index (κ3) is 2.75. The minimum Gasteiger partial charge on any atom is -0.478 e. The predicted molar refractivity (Wildman–Crippen MR) is 70.1 cm³/mol. The molecule has 1 saturated heterocycles. The minimum absolute atomic E-state index is 0.0572. The zero-order valence-corrected chi connectivity index (χ0v) is 10.7. The quantitative estimate of drug-likeness (QED) is 0.781.